The summed E-state index contributed by atoms with van der Waals surface area (Å²) in [4.78, 5) is 27.0. The van der Waals surface area contributed by atoms with E-state index in [0.717, 1.165) is 7.11 Å². The van der Waals surface area contributed by atoms with Gasteiger partial charge in [0.2, 0.25) is 0 Å². The van der Waals surface area contributed by atoms with Crippen LogP contribution in [0.1, 0.15) is 11.9 Å². The Balaban J connectivity index is 2.25. The van der Waals surface area contributed by atoms with Crippen LogP contribution < -0.4 is 0 Å². The second-order valence-electron chi connectivity index (χ2n) is 5.10. The highest BCUT2D eigenvalue weighted by atomic mass is 16.7. The van der Waals surface area contributed by atoms with Gasteiger partial charge in [0.1, 0.15) is 6.10 Å². The summed E-state index contributed by atoms with van der Waals surface area (Å²) < 4.78 is 21.2. The normalized spacial score (nSPS) is 22.5. The lowest BCUT2D eigenvalue weighted by atomic mass is 10.0. The number of carbonyl (C=O) groups excluding carboxylic acids is 2. The zero-order valence-electron chi connectivity index (χ0n) is 13.7. The predicted octanol–water partition coefficient (Wildman–Crippen LogP) is 1.08. The van der Waals surface area contributed by atoms with E-state index in [-0.39, 0.29) is 13.2 Å². The maximum atomic E-state index is 12.6. The van der Waals surface area contributed by atoms with Crippen molar-refractivity contribution in [2.75, 3.05) is 20.3 Å². The van der Waals surface area contributed by atoms with Crippen molar-refractivity contribution in [3.8, 4) is 0 Å². The minimum absolute atomic E-state index is 0.0453. The van der Waals surface area contributed by atoms with Gasteiger partial charge in [-0.1, -0.05) is 36.4 Å². The molecule has 0 radical (unpaired) electrons. The van der Waals surface area contributed by atoms with Crippen LogP contribution in [0.4, 0.5) is 0 Å². The lowest BCUT2D eigenvalue weighted by Crippen LogP contribution is -2.50. The van der Waals surface area contributed by atoms with Crippen LogP contribution in [0.3, 0.4) is 0 Å². The number of carbonyl (C=O) groups is 2. The van der Waals surface area contributed by atoms with Gasteiger partial charge in [0.05, 0.1) is 20.3 Å². The molecular weight excluding hydrogens is 328 g/mol. The second kappa shape index (κ2) is 9.00. The molecule has 8 heteroatoms. The fraction of sp³-hybridized carbons (Fsp3) is 0.353. The van der Waals surface area contributed by atoms with Gasteiger partial charge in [-0.05, 0) is 0 Å². The Morgan fingerprint density at radius 3 is 2.72 bits per heavy atom. The first-order valence-corrected chi connectivity index (χ1v) is 7.51. The average molecular weight is 346 g/mol. The van der Waals surface area contributed by atoms with Crippen molar-refractivity contribution in [3.05, 3.63) is 54.1 Å². The summed E-state index contributed by atoms with van der Waals surface area (Å²) in [6.07, 6.45) is -1.32. The van der Waals surface area contributed by atoms with Crippen molar-refractivity contribution in [3.63, 3.8) is 0 Å². The van der Waals surface area contributed by atoms with Crippen molar-refractivity contribution in [2.45, 2.75) is 18.5 Å². The number of ether oxygens (including phenoxy) is 4. The molecule has 2 rings (SSSR count). The summed E-state index contributed by atoms with van der Waals surface area (Å²) in [6, 6.07) is 8.98. The van der Waals surface area contributed by atoms with Gasteiger partial charge >= 0.3 is 11.7 Å². The van der Waals surface area contributed by atoms with Crippen molar-refractivity contribution < 1.29 is 33.3 Å². The number of ketones is 1. The summed E-state index contributed by atoms with van der Waals surface area (Å²) in [5.41, 5.74) is 8.92. The molecule has 0 aromatic heterocycles. The number of hydrogen-bond donors (Lipinski definition) is 0. The van der Waals surface area contributed by atoms with Crippen molar-refractivity contribution in [2.24, 2.45) is 0 Å². The van der Waals surface area contributed by atoms with Gasteiger partial charge in [-0.15, -0.1) is 6.58 Å². The number of rotatable bonds is 7. The Labute approximate surface area is 144 Å². The van der Waals surface area contributed by atoms with Gasteiger partial charge in [0.25, 0.3) is 5.78 Å². The first kappa shape index (κ1) is 18.7. The molecule has 0 amide bonds. The minimum atomic E-state index is -1.20. The Morgan fingerprint density at radius 1 is 1.40 bits per heavy atom. The largest absolute Gasteiger partial charge is 0.460 e. The third-order valence-electron chi connectivity index (χ3n) is 3.49. The maximum absolute atomic E-state index is 12.6. The number of nitrogens with zero attached hydrogens (tertiary/aromatic N) is 2. The number of esters is 1. The standard InChI is InChI=1S/C17H18N2O6/c1-3-9-23-12-10-24-17(11-7-5-4-6-8-11)25-15(12)14(20)13(19-18)16(21)22-2/h3-8,12,15,17H,1,9-10H2,2H3/t12-,15+,17+/m1/s1. The van der Waals surface area contributed by atoms with E-state index in [1.165, 1.54) is 6.08 Å². The molecule has 1 aliphatic heterocycles. The van der Waals surface area contributed by atoms with Gasteiger partial charge in [-0.25, -0.2) is 4.79 Å². The Kier molecular flexibility index (Phi) is 6.73. The Morgan fingerprint density at radius 2 is 2.12 bits per heavy atom. The van der Waals surface area contributed by atoms with E-state index in [1.807, 2.05) is 6.07 Å². The highest BCUT2D eigenvalue weighted by Gasteiger charge is 2.45. The molecule has 1 heterocycles. The van der Waals surface area contributed by atoms with E-state index < -0.39 is 36.0 Å². The zero-order valence-corrected chi connectivity index (χ0v) is 13.7. The molecule has 3 atom stereocenters. The molecule has 0 spiro atoms. The molecule has 132 valence electrons. The zero-order chi connectivity index (χ0) is 18.2. The topological polar surface area (TPSA) is 107 Å². The van der Waals surface area contributed by atoms with Gasteiger partial charge in [0, 0.05) is 5.56 Å². The highest BCUT2D eigenvalue weighted by Crippen LogP contribution is 2.28. The van der Waals surface area contributed by atoms with Crippen LogP contribution in [0.5, 0.6) is 0 Å². The van der Waals surface area contributed by atoms with Crippen LogP contribution >= 0.6 is 0 Å². The first-order valence-electron chi connectivity index (χ1n) is 7.51. The Bertz CT molecular complexity index is 684. The summed E-state index contributed by atoms with van der Waals surface area (Å²) in [7, 11) is 1.07. The van der Waals surface area contributed by atoms with Crippen LogP contribution in [0.15, 0.2) is 43.0 Å². The molecular formula is C17H18N2O6. The third kappa shape index (κ3) is 4.46. The lowest BCUT2D eigenvalue weighted by Gasteiger charge is -2.34. The quantitative estimate of drug-likeness (QED) is 0.183. The van der Waals surface area contributed by atoms with E-state index in [4.69, 9.17) is 19.7 Å². The summed E-state index contributed by atoms with van der Waals surface area (Å²) in [5, 5.41) is 0. The first-order chi connectivity index (χ1) is 12.1. The number of methoxy groups -OCH3 is 1. The number of Topliss-reactive ketones (excluding diaryl/α,β-unsaturated/α-hetero) is 1. The van der Waals surface area contributed by atoms with Crippen LogP contribution in [-0.2, 0) is 28.5 Å². The molecule has 1 saturated heterocycles. The fourth-order valence-corrected chi connectivity index (χ4v) is 2.29. The van der Waals surface area contributed by atoms with Crippen LogP contribution in [-0.4, -0.2) is 54.8 Å². The molecule has 0 saturated carbocycles. The molecule has 25 heavy (non-hydrogen) atoms. The van der Waals surface area contributed by atoms with E-state index >= 15 is 0 Å². The van der Waals surface area contributed by atoms with E-state index in [1.54, 1.807) is 24.3 Å². The van der Waals surface area contributed by atoms with Crippen molar-refractivity contribution >= 4 is 17.5 Å². The Hall–Kier alpha value is -2.64. The maximum Gasteiger partial charge on any atom is 0.444 e. The highest BCUT2D eigenvalue weighted by molar-refractivity contribution is 6.63. The molecule has 8 nitrogen and oxygen atoms in total. The number of benzene rings is 1. The minimum Gasteiger partial charge on any atom is -0.460 e. The average Bonchev–Trinajstić information content (AvgIpc) is 2.67. The summed E-state index contributed by atoms with van der Waals surface area (Å²) >= 11 is 0. The van der Waals surface area contributed by atoms with Crippen LogP contribution in [0.2, 0.25) is 0 Å². The lowest BCUT2D eigenvalue weighted by molar-refractivity contribution is -0.256. The molecule has 1 fully saturated rings. The van der Waals surface area contributed by atoms with Crippen LogP contribution in [0, 0.1) is 0 Å². The van der Waals surface area contributed by atoms with Crippen LogP contribution in [0.25, 0.3) is 5.53 Å². The molecule has 0 aliphatic carbocycles. The molecule has 0 N–H and O–H groups in total. The van der Waals surface area contributed by atoms with E-state index in [0.29, 0.717) is 5.56 Å². The molecule has 1 aromatic carbocycles. The predicted molar refractivity (Wildman–Crippen MR) is 85.6 cm³/mol. The third-order valence-corrected chi connectivity index (χ3v) is 3.49. The molecule has 0 unspecified atom stereocenters. The number of hydrogen-bond acceptors (Lipinski definition) is 6. The summed E-state index contributed by atoms with van der Waals surface area (Å²) in [6.45, 7) is 3.74. The fourth-order valence-electron chi connectivity index (χ4n) is 2.29. The summed E-state index contributed by atoms with van der Waals surface area (Å²) in [5.74, 6) is -1.92. The van der Waals surface area contributed by atoms with Gasteiger partial charge < -0.3 is 24.5 Å². The van der Waals surface area contributed by atoms with Gasteiger partial charge in [0.15, 0.2) is 12.4 Å². The molecule has 0 bridgehead atoms. The molecule has 1 aromatic rings. The van der Waals surface area contributed by atoms with E-state index in [2.05, 4.69) is 16.1 Å². The second-order valence-corrected chi connectivity index (χ2v) is 5.10. The smallest absolute Gasteiger partial charge is 0.444 e. The van der Waals surface area contributed by atoms with E-state index in [9.17, 15) is 9.59 Å². The molecule has 1 aliphatic rings. The monoisotopic (exact) mass is 346 g/mol. The van der Waals surface area contributed by atoms with Gasteiger partial charge in [-0.2, -0.15) is 4.79 Å². The SMILES string of the molecule is C=CCO[C@@H]1CO[C@H](c2ccccc2)O[C@@H]1C(=O)C(=[N+]=[N-])C(=O)OC. The van der Waals surface area contributed by atoms with Crippen molar-refractivity contribution in [1.29, 1.82) is 0 Å². The van der Waals surface area contributed by atoms with Crippen molar-refractivity contribution in [1.82, 2.24) is 0 Å². The van der Waals surface area contributed by atoms with Gasteiger partial charge in [-0.3, -0.25) is 4.79 Å².